The van der Waals surface area contributed by atoms with Crippen molar-refractivity contribution in [2.75, 3.05) is 32.8 Å². The molecular formula is C28H38N2O2. The highest BCUT2D eigenvalue weighted by molar-refractivity contribution is 5.91. The lowest BCUT2D eigenvalue weighted by Gasteiger charge is -2.35. The maximum absolute atomic E-state index is 12.6. The zero-order valence-electron chi connectivity index (χ0n) is 20.2. The highest BCUT2D eigenvalue weighted by Gasteiger charge is 2.23. The summed E-state index contributed by atoms with van der Waals surface area (Å²) in [7, 11) is 0. The molecule has 32 heavy (non-hydrogen) atoms. The first-order valence-corrected chi connectivity index (χ1v) is 11.7. The SMILES string of the molecule is CC(C)c1ccc([C@@H](CNC(=O)/C=C/c2ccc(C(C)(C)C)cc2)N2CCOCC2)cc1. The normalized spacial score (nSPS) is 16.4. The predicted octanol–water partition coefficient (Wildman–Crippen LogP) is 5.31. The molecule has 2 aromatic carbocycles. The van der Waals surface area contributed by atoms with E-state index in [1.54, 1.807) is 6.08 Å². The first-order chi connectivity index (χ1) is 15.2. The van der Waals surface area contributed by atoms with Crippen LogP contribution in [0.5, 0.6) is 0 Å². The van der Waals surface area contributed by atoms with E-state index in [2.05, 4.69) is 93.4 Å². The fourth-order valence-electron chi connectivity index (χ4n) is 3.97. The molecule has 1 atom stereocenters. The van der Waals surface area contributed by atoms with Crippen molar-refractivity contribution >= 4 is 12.0 Å². The van der Waals surface area contributed by atoms with Crippen LogP contribution in [0.3, 0.4) is 0 Å². The van der Waals surface area contributed by atoms with Gasteiger partial charge in [-0.15, -0.1) is 0 Å². The van der Waals surface area contributed by atoms with Crippen molar-refractivity contribution in [3.8, 4) is 0 Å². The van der Waals surface area contributed by atoms with Gasteiger partial charge in [0.2, 0.25) is 5.91 Å². The van der Waals surface area contributed by atoms with Gasteiger partial charge >= 0.3 is 0 Å². The monoisotopic (exact) mass is 434 g/mol. The molecule has 1 fully saturated rings. The zero-order chi connectivity index (χ0) is 23.1. The lowest BCUT2D eigenvalue weighted by molar-refractivity contribution is -0.116. The van der Waals surface area contributed by atoms with Gasteiger partial charge in [-0.25, -0.2) is 0 Å². The van der Waals surface area contributed by atoms with Crippen LogP contribution in [0.1, 0.15) is 68.8 Å². The molecule has 172 valence electrons. The molecule has 1 saturated heterocycles. The Labute approximate surface area is 193 Å². The third kappa shape index (κ3) is 6.78. The van der Waals surface area contributed by atoms with Crippen LogP contribution in [0.2, 0.25) is 0 Å². The molecule has 0 bridgehead atoms. The molecule has 4 heteroatoms. The molecule has 3 rings (SSSR count). The van der Waals surface area contributed by atoms with E-state index in [1.807, 2.05) is 6.08 Å². The molecule has 1 aliphatic heterocycles. The Kier molecular flexibility index (Phi) is 8.27. The van der Waals surface area contributed by atoms with Gasteiger partial charge in [-0.2, -0.15) is 0 Å². The summed E-state index contributed by atoms with van der Waals surface area (Å²) in [4.78, 5) is 15.0. The van der Waals surface area contributed by atoms with Crippen molar-refractivity contribution in [2.24, 2.45) is 0 Å². The molecule has 1 N–H and O–H groups in total. The highest BCUT2D eigenvalue weighted by Crippen LogP contribution is 2.24. The minimum Gasteiger partial charge on any atom is -0.379 e. The van der Waals surface area contributed by atoms with Crippen LogP contribution in [-0.2, 0) is 14.9 Å². The van der Waals surface area contributed by atoms with Gasteiger partial charge in [0.25, 0.3) is 0 Å². The maximum Gasteiger partial charge on any atom is 0.244 e. The Bertz CT molecular complexity index is 887. The lowest BCUT2D eigenvalue weighted by Crippen LogP contribution is -2.43. The van der Waals surface area contributed by atoms with Crippen molar-refractivity contribution in [1.82, 2.24) is 10.2 Å². The second kappa shape index (κ2) is 10.9. The minimum absolute atomic E-state index is 0.0676. The highest BCUT2D eigenvalue weighted by atomic mass is 16.5. The van der Waals surface area contributed by atoms with Gasteiger partial charge < -0.3 is 10.1 Å². The van der Waals surface area contributed by atoms with E-state index in [0.717, 1.165) is 31.9 Å². The number of amides is 1. The number of carbonyl (C=O) groups is 1. The maximum atomic E-state index is 12.6. The summed E-state index contributed by atoms with van der Waals surface area (Å²) in [5.74, 6) is 0.440. The van der Waals surface area contributed by atoms with E-state index in [0.29, 0.717) is 12.5 Å². The van der Waals surface area contributed by atoms with Crippen molar-refractivity contribution < 1.29 is 9.53 Å². The number of hydrogen-bond acceptors (Lipinski definition) is 3. The van der Waals surface area contributed by atoms with Crippen molar-refractivity contribution in [3.05, 3.63) is 76.9 Å². The number of nitrogens with zero attached hydrogens (tertiary/aromatic N) is 1. The van der Waals surface area contributed by atoms with E-state index in [4.69, 9.17) is 4.74 Å². The average Bonchev–Trinajstić information content (AvgIpc) is 2.78. The molecule has 0 aromatic heterocycles. The van der Waals surface area contributed by atoms with Crippen molar-refractivity contribution in [3.63, 3.8) is 0 Å². The van der Waals surface area contributed by atoms with Crippen LogP contribution in [0.4, 0.5) is 0 Å². The number of carbonyl (C=O) groups excluding carboxylic acids is 1. The summed E-state index contributed by atoms with van der Waals surface area (Å²) in [6.07, 6.45) is 3.51. The number of rotatable bonds is 7. The van der Waals surface area contributed by atoms with Gasteiger partial charge in [-0.05, 0) is 39.7 Å². The number of morpholine rings is 1. The van der Waals surface area contributed by atoms with Crippen molar-refractivity contribution in [2.45, 2.75) is 52.0 Å². The van der Waals surface area contributed by atoms with Crippen molar-refractivity contribution in [1.29, 1.82) is 0 Å². The number of nitrogens with one attached hydrogen (secondary N) is 1. The van der Waals surface area contributed by atoms with Crippen LogP contribution >= 0.6 is 0 Å². The fraction of sp³-hybridized carbons (Fsp3) is 0.464. The molecule has 1 amide bonds. The topological polar surface area (TPSA) is 41.6 Å². The second-order valence-electron chi connectivity index (χ2n) is 9.94. The summed E-state index contributed by atoms with van der Waals surface area (Å²) in [5, 5.41) is 3.11. The Morgan fingerprint density at radius 2 is 1.59 bits per heavy atom. The van der Waals surface area contributed by atoms with E-state index in [1.165, 1.54) is 16.7 Å². The molecule has 0 radical (unpaired) electrons. The van der Waals surface area contributed by atoms with Gasteiger partial charge in [0.15, 0.2) is 0 Å². The molecule has 4 nitrogen and oxygen atoms in total. The van der Waals surface area contributed by atoms with Gasteiger partial charge in [-0.3, -0.25) is 9.69 Å². The van der Waals surface area contributed by atoms with Gasteiger partial charge in [-0.1, -0.05) is 83.1 Å². The average molecular weight is 435 g/mol. The summed E-state index contributed by atoms with van der Waals surface area (Å²) < 4.78 is 5.54. The first kappa shape index (κ1) is 24.2. The number of ether oxygens (including phenoxy) is 1. The van der Waals surface area contributed by atoms with E-state index >= 15 is 0 Å². The molecule has 0 saturated carbocycles. The first-order valence-electron chi connectivity index (χ1n) is 11.7. The van der Waals surface area contributed by atoms with Gasteiger partial charge in [0.05, 0.1) is 19.3 Å². The van der Waals surface area contributed by atoms with Crippen LogP contribution in [0, 0.1) is 0 Å². The molecule has 0 spiro atoms. The third-order valence-corrected chi connectivity index (χ3v) is 6.15. The number of benzene rings is 2. The van der Waals surface area contributed by atoms with Gasteiger partial charge in [0.1, 0.15) is 0 Å². The Balaban J connectivity index is 1.64. The second-order valence-corrected chi connectivity index (χ2v) is 9.94. The molecule has 2 aromatic rings. The number of hydrogen-bond donors (Lipinski definition) is 1. The molecule has 0 aliphatic carbocycles. The Morgan fingerprint density at radius 1 is 1.00 bits per heavy atom. The van der Waals surface area contributed by atoms with Crippen LogP contribution < -0.4 is 5.32 Å². The Morgan fingerprint density at radius 3 is 2.16 bits per heavy atom. The standard InChI is InChI=1S/C28H38N2O2/c1-21(2)23-9-11-24(12-10-23)26(30-16-18-32-19-17-30)20-29-27(31)15-8-22-6-13-25(14-7-22)28(3,4)5/h6-15,21,26H,16-20H2,1-5H3,(H,29,31)/b15-8+/t26-/m1/s1. The van der Waals surface area contributed by atoms with Crippen LogP contribution in [0.25, 0.3) is 6.08 Å². The molecule has 1 aliphatic rings. The Hall–Kier alpha value is -2.43. The molecule has 0 unspecified atom stereocenters. The third-order valence-electron chi connectivity index (χ3n) is 6.15. The van der Waals surface area contributed by atoms with Crippen LogP contribution in [-0.4, -0.2) is 43.7 Å². The van der Waals surface area contributed by atoms with E-state index < -0.39 is 0 Å². The largest absolute Gasteiger partial charge is 0.379 e. The predicted molar refractivity (Wildman–Crippen MR) is 133 cm³/mol. The quantitative estimate of drug-likeness (QED) is 0.601. The minimum atomic E-state index is -0.0676. The van der Waals surface area contributed by atoms with E-state index in [-0.39, 0.29) is 17.4 Å². The smallest absolute Gasteiger partial charge is 0.244 e. The van der Waals surface area contributed by atoms with Crippen LogP contribution in [0.15, 0.2) is 54.6 Å². The molecule has 1 heterocycles. The van der Waals surface area contributed by atoms with Gasteiger partial charge in [0, 0.05) is 25.7 Å². The zero-order valence-corrected chi connectivity index (χ0v) is 20.2. The lowest BCUT2D eigenvalue weighted by atomic mass is 9.87. The molecular weight excluding hydrogens is 396 g/mol. The summed E-state index contributed by atoms with van der Waals surface area (Å²) in [5.41, 5.74) is 5.01. The summed E-state index contributed by atoms with van der Waals surface area (Å²) in [6, 6.07) is 17.4. The van der Waals surface area contributed by atoms with E-state index in [9.17, 15) is 4.79 Å². The fourth-order valence-corrected chi connectivity index (χ4v) is 3.97. The summed E-state index contributed by atoms with van der Waals surface area (Å²) >= 11 is 0. The summed E-state index contributed by atoms with van der Waals surface area (Å²) in [6.45, 7) is 14.8.